The summed E-state index contributed by atoms with van der Waals surface area (Å²) in [6, 6.07) is 0. The van der Waals surface area contributed by atoms with Gasteiger partial charge in [0.1, 0.15) is 0 Å². The first-order valence-electron chi connectivity index (χ1n) is 5.52. The normalized spacial score (nSPS) is 15.8. The van der Waals surface area contributed by atoms with E-state index in [2.05, 4.69) is 58.2 Å². The number of halogens is 2. The van der Waals surface area contributed by atoms with Crippen LogP contribution >= 0.6 is 11.8 Å². The van der Waals surface area contributed by atoms with Crippen LogP contribution in [-0.4, -0.2) is 11.0 Å². The molecule has 16 heavy (non-hydrogen) atoms. The fraction of sp³-hybridized carbons (Fsp3) is 0.667. The number of hydrogen-bond acceptors (Lipinski definition) is 1. The van der Waals surface area contributed by atoms with Crippen molar-refractivity contribution in [2.45, 2.75) is 44.8 Å². The molecule has 0 heterocycles. The van der Waals surface area contributed by atoms with Crippen LogP contribution < -0.4 is 24.8 Å². The molecule has 1 aliphatic rings. The number of thioether (sulfide) groups is 1. The second kappa shape index (κ2) is 11.2. The quantitative estimate of drug-likeness (QED) is 0.406. The van der Waals surface area contributed by atoms with Crippen LogP contribution in [0.5, 0.6) is 0 Å². The average Bonchev–Trinajstić information content (AvgIpc) is 2.60. The summed E-state index contributed by atoms with van der Waals surface area (Å²) >= 11 is 4.41. The Labute approximate surface area is 128 Å². The maximum atomic E-state index is 2.34. The van der Waals surface area contributed by atoms with E-state index in [-0.39, 0.29) is 24.8 Å². The van der Waals surface area contributed by atoms with Crippen LogP contribution in [0.25, 0.3) is 0 Å². The Kier molecular flexibility index (Phi) is 13.7. The molecule has 0 aliphatic heterocycles. The molecule has 0 radical (unpaired) electrons. The van der Waals surface area contributed by atoms with Crippen molar-refractivity contribution in [3.05, 3.63) is 21.6 Å². The first-order valence-corrected chi connectivity index (χ1v) is 7.35. The van der Waals surface area contributed by atoms with E-state index in [1.807, 2.05) is 0 Å². The van der Waals surface area contributed by atoms with E-state index in [9.17, 15) is 0 Å². The Morgan fingerprint density at radius 2 is 2.06 bits per heavy atom. The smallest absolute Gasteiger partial charge is 1.00 e. The predicted molar refractivity (Wildman–Crippen MR) is 62.2 cm³/mol. The van der Waals surface area contributed by atoms with Crippen molar-refractivity contribution in [3.8, 4) is 0 Å². The minimum absolute atomic E-state index is 0. The summed E-state index contributed by atoms with van der Waals surface area (Å²) in [5, 5.41) is 0.750. The van der Waals surface area contributed by atoms with Crippen LogP contribution in [0.15, 0.2) is 21.6 Å². The third kappa shape index (κ3) is 6.16. The van der Waals surface area contributed by atoms with Gasteiger partial charge in [0.2, 0.25) is 0 Å². The van der Waals surface area contributed by atoms with Crippen molar-refractivity contribution in [1.82, 2.24) is 0 Å². The SMILES string of the molecule is CCCCSC(CC)C1=[C]([Ti+2])CC=C1.[Cl-].[Cl-]. The monoisotopic (exact) mass is 313 g/mol. The van der Waals surface area contributed by atoms with Crippen molar-refractivity contribution in [3.63, 3.8) is 0 Å². The summed E-state index contributed by atoms with van der Waals surface area (Å²) in [6.45, 7) is 4.57. The van der Waals surface area contributed by atoms with Gasteiger partial charge in [0.15, 0.2) is 0 Å². The molecule has 0 bridgehead atoms. The summed E-state index contributed by atoms with van der Waals surface area (Å²) in [5.74, 6) is 1.32. The average molecular weight is 314 g/mol. The standard InChI is InChI=1S/C12H19S.2ClH.Ti/c1-3-5-10-13-12(4-2)11-8-6-7-9-11;;;/h6,8,12H,3-5,7,10H2,1-2H3;2*1H;/q;;;+2/p-2. The summed E-state index contributed by atoms with van der Waals surface area (Å²) < 4.78 is 1.58. The maximum Gasteiger partial charge on any atom is -1.00 e. The molecule has 0 spiro atoms. The van der Waals surface area contributed by atoms with Crippen molar-refractivity contribution >= 4 is 11.8 Å². The topological polar surface area (TPSA) is 0 Å². The Hall–Kier alpha value is 1.12. The number of rotatable bonds is 6. The van der Waals surface area contributed by atoms with Gasteiger partial charge in [-0.1, -0.05) is 0 Å². The van der Waals surface area contributed by atoms with Crippen LogP contribution in [0, 0.1) is 0 Å². The maximum absolute atomic E-state index is 2.34. The van der Waals surface area contributed by atoms with Gasteiger partial charge >= 0.3 is 104 Å². The summed E-state index contributed by atoms with van der Waals surface area (Å²) in [5.41, 5.74) is 1.61. The van der Waals surface area contributed by atoms with E-state index >= 15 is 0 Å². The van der Waals surface area contributed by atoms with Crippen LogP contribution in [0.2, 0.25) is 0 Å². The van der Waals surface area contributed by atoms with Gasteiger partial charge in [-0.05, 0) is 0 Å². The van der Waals surface area contributed by atoms with Gasteiger partial charge in [0.25, 0.3) is 0 Å². The fourth-order valence-electron chi connectivity index (χ4n) is 1.62. The van der Waals surface area contributed by atoms with E-state index in [1.165, 1.54) is 31.4 Å². The van der Waals surface area contributed by atoms with Crippen LogP contribution in [0.1, 0.15) is 39.5 Å². The molecule has 0 aromatic rings. The van der Waals surface area contributed by atoms with Crippen molar-refractivity contribution in [2.24, 2.45) is 0 Å². The van der Waals surface area contributed by atoms with Gasteiger partial charge < -0.3 is 24.8 Å². The Morgan fingerprint density at radius 1 is 1.38 bits per heavy atom. The van der Waals surface area contributed by atoms with Gasteiger partial charge in [-0.2, -0.15) is 0 Å². The molecule has 0 aromatic heterocycles. The van der Waals surface area contributed by atoms with Crippen LogP contribution in [0.3, 0.4) is 0 Å². The van der Waals surface area contributed by atoms with Gasteiger partial charge in [0, 0.05) is 0 Å². The molecule has 0 nitrogen and oxygen atoms in total. The van der Waals surface area contributed by atoms with Crippen LogP contribution in [0.4, 0.5) is 0 Å². The summed E-state index contributed by atoms with van der Waals surface area (Å²) in [7, 11) is 0. The van der Waals surface area contributed by atoms with E-state index in [4.69, 9.17) is 0 Å². The fourth-order valence-corrected chi connectivity index (χ4v) is 3.75. The summed E-state index contributed by atoms with van der Waals surface area (Å²) in [6.07, 6.45) is 9.76. The minimum atomic E-state index is 0. The van der Waals surface area contributed by atoms with E-state index in [0.29, 0.717) is 0 Å². The zero-order valence-corrected chi connectivity index (χ0v) is 13.8. The number of allylic oxidation sites excluding steroid dienone is 3. The molecule has 0 amide bonds. The van der Waals surface area contributed by atoms with Crippen molar-refractivity contribution in [1.29, 1.82) is 0 Å². The molecule has 0 fully saturated rings. The molecule has 0 N–H and O–H groups in total. The third-order valence-corrected chi connectivity index (χ3v) is 4.79. The molecule has 4 heteroatoms. The van der Waals surface area contributed by atoms with Gasteiger partial charge in [-0.25, -0.2) is 0 Å². The molecule has 0 saturated heterocycles. The van der Waals surface area contributed by atoms with Gasteiger partial charge in [-0.3, -0.25) is 0 Å². The number of hydrogen-bond donors (Lipinski definition) is 0. The number of unbranched alkanes of at least 4 members (excludes halogenated alkanes) is 1. The van der Waals surface area contributed by atoms with Crippen molar-refractivity contribution < 1.29 is 45.2 Å². The zero-order valence-electron chi connectivity index (χ0n) is 9.93. The predicted octanol–water partition coefficient (Wildman–Crippen LogP) is -1.93. The van der Waals surface area contributed by atoms with Gasteiger partial charge in [0.05, 0.1) is 0 Å². The largest absolute Gasteiger partial charge is 1.00 e. The molecule has 1 rings (SSSR count). The third-order valence-electron chi connectivity index (χ3n) is 2.50. The molecular weight excluding hydrogens is 295 g/mol. The summed E-state index contributed by atoms with van der Waals surface area (Å²) in [4.78, 5) is 0. The second-order valence-electron chi connectivity index (χ2n) is 3.66. The van der Waals surface area contributed by atoms with E-state index < -0.39 is 0 Å². The first kappa shape index (κ1) is 19.5. The van der Waals surface area contributed by atoms with Gasteiger partial charge in [-0.15, -0.1) is 0 Å². The molecule has 1 atom stereocenters. The van der Waals surface area contributed by atoms with Crippen LogP contribution in [-0.2, 0) is 20.4 Å². The van der Waals surface area contributed by atoms with E-state index in [0.717, 1.165) is 5.25 Å². The minimum Gasteiger partial charge on any atom is -1.00 e. The Bertz CT molecular complexity index is 239. The Balaban J connectivity index is 0. The molecular formula is C12H19Cl2STi. The first-order chi connectivity index (χ1) is 6.79. The molecule has 91 valence electrons. The molecule has 0 aromatic carbocycles. The Morgan fingerprint density at radius 3 is 2.50 bits per heavy atom. The van der Waals surface area contributed by atoms with Crippen molar-refractivity contribution in [2.75, 3.05) is 5.75 Å². The second-order valence-corrected chi connectivity index (χ2v) is 5.91. The molecule has 1 aliphatic carbocycles. The molecule has 0 saturated carbocycles. The zero-order chi connectivity index (χ0) is 10.4. The molecule has 1 unspecified atom stereocenters. The van der Waals surface area contributed by atoms with E-state index in [1.54, 1.807) is 9.45 Å².